The van der Waals surface area contributed by atoms with Crippen LogP contribution in [0.4, 0.5) is 17.1 Å². The van der Waals surface area contributed by atoms with E-state index in [-0.39, 0.29) is 0 Å². The number of para-hydroxylation sites is 2. The Bertz CT molecular complexity index is 2840. The van der Waals surface area contributed by atoms with Crippen LogP contribution in [0, 0.1) is 0 Å². The standard InChI is InChI=1S/C46H29NOS/c1-2-13-30(14-3-1)35-18-6-9-22-41(35)47(34-25-26-38-37-20-7-10-23-42(37)48-43(38)29-34)33-17-12-16-31(27-33)40-28-32-15-4-5-19-36(32)45-39-21-8-11-24-44(39)49-46(40)45/h1-29H. The second kappa shape index (κ2) is 11.2. The van der Waals surface area contributed by atoms with E-state index in [1.54, 1.807) is 0 Å². The maximum Gasteiger partial charge on any atom is 0.137 e. The molecule has 2 nitrogen and oxygen atoms in total. The summed E-state index contributed by atoms with van der Waals surface area (Å²) in [6.07, 6.45) is 0. The summed E-state index contributed by atoms with van der Waals surface area (Å²) in [7, 11) is 0. The van der Waals surface area contributed by atoms with Gasteiger partial charge in [-0.15, -0.1) is 11.3 Å². The fourth-order valence-corrected chi connectivity index (χ4v) is 8.67. The van der Waals surface area contributed by atoms with E-state index < -0.39 is 0 Å². The van der Waals surface area contributed by atoms with Crippen molar-refractivity contribution in [3.63, 3.8) is 0 Å². The zero-order chi connectivity index (χ0) is 32.3. The predicted molar refractivity (Wildman–Crippen MR) is 210 cm³/mol. The van der Waals surface area contributed by atoms with Gasteiger partial charge < -0.3 is 9.32 Å². The normalized spacial score (nSPS) is 11.7. The van der Waals surface area contributed by atoms with Gasteiger partial charge in [0.05, 0.1) is 5.69 Å². The molecule has 2 aromatic heterocycles. The Kier molecular flexibility index (Phi) is 6.39. The highest BCUT2D eigenvalue weighted by molar-refractivity contribution is 7.26. The van der Waals surface area contributed by atoms with Gasteiger partial charge in [-0.1, -0.05) is 121 Å². The first-order chi connectivity index (χ1) is 24.3. The molecule has 0 amide bonds. The summed E-state index contributed by atoms with van der Waals surface area (Å²) in [5, 5.41) is 7.45. The van der Waals surface area contributed by atoms with Crippen LogP contribution in [0.2, 0.25) is 0 Å². The Morgan fingerprint density at radius 1 is 0.429 bits per heavy atom. The van der Waals surface area contributed by atoms with Crippen molar-refractivity contribution < 1.29 is 4.42 Å². The summed E-state index contributed by atoms with van der Waals surface area (Å²) >= 11 is 1.88. The van der Waals surface area contributed by atoms with Crippen LogP contribution in [0.5, 0.6) is 0 Å². The molecule has 0 aliphatic heterocycles. The number of benzene rings is 8. The summed E-state index contributed by atoms with van der Waals surface area (Å²) in [4.78, 5) is 2.38. The van der Waals surface area contributed by atoms with Crippen molar-refractivity contribution in [2.24, 2.45) is 0 Å². The zero-order valence-electron chi connectivity index (χ0n) is 26.5. The Morgan fingerprint density at radius 2 is 1.12 bits per heavy atom. The number of nitrogens with zero attached hydrogens (tertiary/aromatic N) is 1. The van der Waals surface area contributed by atoms with Crippen molar-refractivity contribution in [2.45, 2.75) is 0 Å². The zero-order valence-corrected chi connectivity index (χ0v) is 27.3. The number of anilines is 3. The second-order valence-corrected chi connectivity index (χ2v) is 13.5. The summed E-state index contributed by atoms with van der Waals surface area (Å²) in [6, 6.07) is 63.2. The van der Waals surface area contributed by atoms with Crippen LogP contribution in [0.1, 0.15) is 0 Å². The largest absolute Gasteiger partial charge is 0.456 e. The molecule has 0 bridgehead atoms. The highest BCUT2D eigenvalue weighted by Crippen LogP contribution is 2.47. The molecule has 0 N–H and O–H groups in total. The van der Waals surface area contributed by atoms with Crippen LogP contribution in [0.25, 0.3) is 75.1 Å². The first-order valence-corrected chi connectivity index (χ1v) is 17.4. The van der Waals surface area contributed by atoms with Crippen LogP contribution in [0.3, 0.4) is 0 Å². The molecular weight excluding hydrogens is 615 g/mol. The number of fused-ring (bicyclic) bond motifs is 8. The van der Waals surface area contributed by atoms with Crippen molar-refractivity contribution in [1.82, 2.24) is 0 Å². The van der Waals surface area contributed by atoms with Crippen molar-refractivity contribution in [3.05, 3.63) is 176 Å². The van der Waals surface area contributed by atoms with Gasteiger partial charge in [0.1, 0.15) is 11.2 Å². The molecule has 0 unspecified atom stereocenters. The molecule has 230 valence electrons. The van der Waals surface area contributed by atoms with Gasteiger partial charge in [0.15, 0.2) is 0 Å². The molecular formula is C46H29NOS. The van der Waals surface area contributed by atoms with E-state index >= 15 is 0 Å². The molecule has 0 aliphatic rings. The Hall–Kier alpha value is -6.16. The monoisotopic (exact) mass is 643 g/mol. The smallest absolute Gasteiger partial charge is 0.137 e. The lowest BCUT2D eigenvalue weighted by molar-refractivity contribution is 0.669. The number of furan rings is 1. The molecule has 0 radical (unpaired) electrons. The molecule has 0 saturated carbocycles. The molecule has 8 aromatic carbocycles. The maximum atomic E-state index is 6.42. The summed E-state index contributed by atoms with van der Waals surface area (Å²) in [6.45, 7) is 0. The number of rotatable bonds is 5. The van der Waals surface area contributed by atoms with Gasteiger partial charge in [-0.2, -0.15) is 0 Å². The van der Waals surface area contributed by atoms with Crippen LogP contribution >= 0.6 is 11.3 Å². The Labute approximate surface area is 287 Å². The highest BCUT2D eigenvalue weighted by atomic mass is 32.1. The van der Waals surface area contributed by atoms with Crippen LogP contribution in [-0.4, -0.2) is 0 Å². The van der Waals surface area contributed by atoms with Crippen molar-refractivity contribution in [2.75, 3.05) is 4.90 Å². The summed E-state index contributed by atoms with van der Waals surface area (Å²) in [5.41, 5.74) is 9.77. The lowest BCUT2D eigenvalue weighted by atomic mass is 9.96. The maximum absolute atomic E-state index is 6.42. The molecule has 0 atom stereocenters. The van der Waals surface area contributed by atoms with E-state index in [0.717, 1.165) is 44.6 Å². The van der Waals surface area contributed by atoms with Gasteiger partial charge in [-0.3, -0.25) is 0 Å². The minimum absolute atomic E-state index is 0.874. The van der Waals surface area contributed by atoms with E-state index in [1.165, 1.54) is 47.6 Å². The molecule has 10 rings (SSSR count). The first-order valence-electron chi connectivity index (χ1n) is 16.6. The molecule has 0 aliphatic carbocycles. The number of thiophene rings is 1. The minimum atomic E-state index is 0.874. The van der Waals surface area contributed by atoms with Crippen molar-refractivity contribution in [3.8, 4) is 22.3 Å². The predicted octanol–water partition coefficient (Wildman–Crippen LogP) is 13.9. The summed E-state index contributed by atoms with van der Waals surface area (Å²) < 4.78 is 9.04. The molecule has 0 spiro atoms. The fourth-order valence-electron chi connectivity index (χ4n) is 7.41. The molecule has 0 saturated heterocycles. The average Bonchev–Trinajstić information content (AvgIpc) is 3.74. The molecule has 0 fully saturated rings. The topological polar surface area (TPSA) is 16.4 Å². The second-order valence-electron chi connectivity index (χ2n) is 12.5. The fraction of sp³-hybridized carbons (Fsp3) is 0. The third-order valence-electron chi connectivity index (χ3n) is 9.64. The van der Waals surface area contributed by atoms with E-state index in [4.69, 9.17) is 4.42 Å². The quantitative estimate of drug-likeness (QED) is 0.186. The Balaban J connectivity index is 1.22. The van der Waals surface area contributed by atoms with Crippen LogP contribution in [0.15, 0.2) is 180 Å². The highest BCUT2D eigenvalue weighted by Gasteiger charge is 2.20. The van der Waals surface area contributed by atoms with Gasteiger partial charge in [0.2, 0.25) is 0 Å². The van der Waals surface area contributed by atoms with Crippen molar-refractivity contribution in [1.29, 1.82) is 0 Å². The van der Waals surface area contributed by atoms with Crippen molar-refractivity contribution >= 4 is 81.3 Å². The van der Waals surface area contributed by atoms with Gasteiger partial charge in [0.25, 0.3) is 0 Å². The van der Waals surface area contributed by atoms with Gasteiger partial charge in [-0.05, 0) is 70.4 Å². The number of hydrogen-bond acceptors (Lipinski definition) is 3. The summed E-state index contributed by atoms with van der Waals surface area (Å²) in [5.74, 6) is 0. The molecule has 10 aromatic rings. The third kappa shape index (κ3) is 4.55. The van der Waals surface area contributed by atoms with Crippen LogP contribution in [-0.2, 0) is 0 Å². The lowest BCUT2D eigenvalue weighted by Crippen LogP contribution is -2.11. The van der Waals surface area contributed by atoms with Gasteiger partial charge in [0, 0.05) is 59.5 Å². The van der Waals surface area contributed by atoms with Gasteiger partial charge >= 0.3 is 0 Å². The van der Waals surface area contributed by atoms with Crippen LogP contribution < -0.4 is 4.90 Å². The molecule has 49 heavy (non-hydrogen) atoms. The number of hydrogen-bond donors (Lipinski definition) is 0. The molecule has 2 heterocycles. The SMILES string of the molecule is c1ccc(-c2ccccc2N(c2cccc(-c3cc4ccccc4c4c3sc3ccccc34)c2)c2ccc3c(c2)oc2ccccc23)cc1. The van der Waals surface area contributed by atoms with E-state index in [2.05, 4.69) is 169 Å². The van der Waals surface area contributed by atoms with E-state index in [0.29, 0.717) is 0 Å². The van der Waals surface area contributed by atoms with E-state index in [9.17, 15) is 0 Å². The minimum Gasteiger partial charge on any atom is -0.456 e. The van der Waals surface area contributed by atoms with E-state index in [1.807, 2.05) is 23.5 Å². The third-order valence-corrected chi connectivity index (χ3v) is 10.8. The Morgan fingerprint density at radius 3 is 2.04 bits per heavy atom. The average molecular weight is 644 g/mol. The lowest BCUT2D eigenvalue weighted by Gasteiger charge is -2.28. The first kappa shape index (κ1) is 27.9. The van der Waals surface area contributed by atoms with Gasteiger partial charge in [-0.25, -0.2) is 0 Å². The molecule has 3 heteroatoms.